The lowest BCUT2D eigenvalue weighted by molar-refractivity contribution is -0.141. The number of hydrogen-bond acceptors (Lipinski definition) is 2. The average molecular weight is 287 g/mol. The van der Waals surface area contributed by atoms with E-state index in [2.05, 4.69) is 9.97 Å². The van der Waals surface area contributed by atoms with E-state index in [0.717, 1.165) is 17.5 Å². The Morgan fingerprint density at radius 2 is 1.74 bits per heavy atom. The number of rotatable bonds is 2. The Kier molecular flexibility index (Phi) is 3.75. The Bertz CT molecular complexity index is 579. The fourth-order valence-corrected chi connectivity index (χ4v) is 1.90. The molecular formula is C13H10ClF3N2. The van der Waals surface area contributed by atoms with Gasteiger partial charge in [-0.05, 0) is 12.5 Å². The number of halogens is 4. The maximum absolute atomic E-state index is 12.8. The van der Waals surface area contributed by atoms with Crippen LogP contribution in [0, 0.1) is 6.92 Å². The first-order valence-electron chi connectivity index (χ1n) is 5.50. The molecule has 0 unspecified atom stereocenters. The molecule has 2 aromatic rings. The third kappa shape index (κ3) is 3.23. The molecule has 1 heterocycles. The Morgan fingerprint density at radius 1 is 1.11 bits per heavy atom. The standard InChI is InChI=1S/C13H10ClF3N2/c1-8-2-4-9(5-3-8)6-10-11(13(15,16)17)18-7-19-12(10)14/h2-5,7H,6H2,1H3. The van der Waals surface area contributed by atoms with Gasteiger partial charge in [-0.2, -0.15) is 13.2 Å². The quantitative estimate of drug-likeness (QED) is 0.779. The Labute approximate surface area is 113 Å². The highest BCUT2D eigenvalue weighted by Gasteiger charge is 2.36. The van der Waals surface area contributed by atoms with Gasteiger partial charge < -0.3 is 0 Å². The summed E-state index contributed by atoms with van der Waals surface area (Å²) in [5, 5.41) is -0.164. The molecule has 0 saturated heterocycles. The van der Waals surface area contributed by atoms with Crippen LogP contribution in [0.1, 0.15) is 22.4 Å². The van der Waals surface area contributed by atoms with Crippen molar-refractivity contribution < 1.29 is 13.2 Å². The molecule has 1 aromatic carbocycles. The molecular weight excluding hydrogens is 277 g/mol. The van der Waals surface area contributed by atoms with Crippen molar-refractivity contribution in [3.63, 3.8) is 0 Å². The summed E-state index contributed by atoms with van der Waals surface area (Å²) in [5.41, 5.74) is 0.691. The summed E-state index contributed by atoms with van der Waals surface area (Å²) >= 11 is 5.77. The molecule has 6 heteroatoms. The van der Waals surface area contributed by atoms with E-state index in [1.807, 2.05) is 19.1 Å². The molecule has 1 aromatic heterocycles. The van der Waals surface area contributed by atoms with Crippen LogP contribution >= 0.6 is 11.6 Å². The monoisotopic (exact) mass is 286 g/mol. The zero-order valence-electron chi connectivity index (χ0n) is 10.0. The summed E-state index contributed by atoms with van der Waals surface area (Å²) in [4.78, 5) is 6.93. The number of aryl methyl sites for hydroxylation is 1. The fraction of sp³-hybridized carbons (Fsp3) is 0.231. The number of hydrogen-bond donors (Lipinski definition) is 0. The van der Waals surface area contributed by atoms with E-state index in [1.54, 1.807) is 12.1 Å². The molecule has 2 rings (SSSR count). The van der Waals surface area contributed by atoms with Crippen LogP contribution < -0.4 is 0 Å². The fourth-order valence-electron chi connectivity index (χ4n) is 1.70. The highest BCUT2D eigenvalue weighted by molar-refractivity contribution is 6.30. The molecule has 0 aliphatic rings. The van der Waals surface area contributed by atoms with Gasteiger partial charge in [0, 0.05) is 12.0 Å². The second-order valence-corrected chi connectivity index (χ2v) is 4.51. The van der Waals surface area contributed by atoms with Gasteiger partial charge in [0.1, 0.15) is 11.5 Å². The third-order valence-corrected chi connectivity index (χ3v) is 2.99. The van der Waals surface area contributed by atoms with Gasteiger partial charge in [0.05, 0.1) is 0 Å². The summed E-state index contributed by atoms with van der Waals surface area (Å²) in [7, 11) is 0. The van der Waals surface area contributed by atoms with Crippen LogP contribution in [-0.4, -0.2) is 9.97 Å². The van der Waals surface area contributed by atoms with E-state index >= 15 is 0 Å². The third-order valence-electron chi connectivity index (χ3n) is 2.66. The van der Waals surface area contributed by atoms with Gasteiger partial charge in [0.2, 0.25) is 0 Å². The Morgan fingerprint density at radius 3 is 2.32 bits per heavy atom. The summed E-state index contributed by atoms with van der Waals surface area (Å²) < 4.78 is 38.5. The zero-order chi connectivity index (χ0) is 14.0. The van der Waals surface area contributed by atoms with E-state index < -0.39 is 11.9 Å². The van der Waals surface area contributed by atoms with Crippen molar-refractivity contribution in [2.45, 2.75) is 19.5 Å². The van der Waals surface area contributed by atoms with Crippen LogP contribution in [0.25, 0.3) is 0 Å². The summed E-state index contributed by atoms with van der Waals surface area (Å²) in [6.45, 7) is 1.91. The minimum Gasteiger partial charge on any atom is -0.231 e. The van der Waals surface area contributed by atoms with E-state index in [4.69, 9.17) is 11.6 Å². The smallest absolute Gasteiger partial charge is 0.231 e. The van der Waals surface area contributed by atoms with Gasteiger partial charge in [-0.25, -0.2) is 9.97 Å². The molecule has 2 nitrogen and oxygen atoms in total. The predicted molar refractivity (Wildman–Crippen MR) is 66.0 cm³/mol. The average Bonchev–Trinajstić information content (AvgIpc) is 2.33. The van der Waals surface area contributed by atoms with Gasteiger partial charge >= 0.3 is 6.18 Å². The number of aromatic nitrogens is 2. The van der Waals surface area contributed by atoms with Crippen molar-refractivity contribution in [3.8, 4) is 0 Å². The Hall–Kier alpha value is -1.62. The van der Waals surface area contributed by atoms with Crippen LogP contribution in [0.15, 0.2) is 30.6 Å². The predicted octanol–water partition coefficient (Wildman–Crippen LogP) is 4.05. The van der Waals surface area contributed by atoms with Crippen LogP contribution in [0.4, 0.5) is 13.2 Å². The van der Waals surface area contributed by atoms with Crippen LogP contribution in [0.2, 0.25) is 5.15 Å². The first-order valence-corrected chi connectivity index (χ1v) is 5.88. The lowest BCUT2D eigenvalue weighted by atomic mass is 10.0. The first-order chi connectivity index (χ1) is 8.88. The van der Waals surface area contributed by atoms with Crippen LogP contribution in [0.3, 0.4) is 0 Å². The SMILES string of the molecule is Cc1ccc(Cc2c(Cl)ncnc2C(F)(F)F)cc1. The van der Waals surface area contributed by atoms with Crippen molar-refractivity contribution in [2.75, 3.05) is 0 Å². The molecule has 100 valence electrons. The number of benzene rings is 1. The van der Waals surface area contributed by atoms with Crippen molar-refractivity contribution >= 4 is 11.6 Å². The van der Waals surface area contributed by atoms with E-state index in [0.29, 0.717) is 0 Å². The summed E-state index contributed by atoms with van der Waals surface area (Å²) in [6.07, 6.45) is -3.66. The molecule has 0 spiro atoms. The van der Waals surface area contributed by atoms with Gasteiger partial charge in [-0.1, -0.05) is 41.4 Å². The number of nitrogens with zero attached hydrogens (tertiary/aromatic N) is 2. The number of alkyl halides is 3. The van der Waals surface area contributed by atoms with E-state index in [-0.39, 0.29) is 17.1 Å². The molecule has 19 heavy (non-hydrogen) atoms. The van der Waals surface area contributed by atoms with E-state index in [1.165, 1.54) is 0 Å². The van der Waals surface area contributed by atoms with Crippen molar-refractivity contribution in [1.29, 1.82) is 0 Å². The molecule has 0 radical (unpaired) electrons. The van der Waals surface area contributed by atoms with Crippen LogP contribution in [0.5, 0.6) is 0 Å². The molecule has 0 fully saturated rings. The summed E-state index contributed by atoms with van der Waals surface area (Å²) in [6, 6.07) is 7.19. The van der Waals surface area contributed by atoms with Crippen LogP contribution in [-0.2, 0) is 12.6 Å². The van der Waals surface area contributed by atoms with Crippen molar-refractivity contribution in [3.05, 3.63) is 58.1 Å². The molecule has 0 aliphatic heterocycles. The van der Waals surface area contributed by atoms with E-state index in [9.17, 15) is 13.2 Å². The van der Waals surface area contributed by atoms with Gasteiger partial charge in [-0.3, -0.25) is 0 Å². The maximum Gasteiger partial charge on any atom is 0.433 e. The Balaban J connectivity index is 2.42. The van der Waals surface area contributed by atoms with Gasteiger partial charge in [0.15, 0.2) is 5.69 Å². The molecule has 0 amide bonds. The molecule has 0 atom stereocenters. The second-order valence-electron chi connectivity index (χ2n) is 4.15. The molecule has 0 aliphatic carbocycles. The minimum absolute atomic E-state index is 0.0504. The van der Waals surface area contributed by atoms with Gasteiger partial charge in [-0.15, -0.1) is 0 Å². The largest absolute Gasteiger partial charge is 0.433 e. The van der Waals surface area contributed by atoms with Crippen molar-refractivity contribution in [2.24, 2.45) is 0 Å². The molecule has 0 saturated carbocycles. The second kappa shape index (κ2) is 5.17. The highest BCUT2D eigenvalue weighted by Crippen LogP contribution is 2.33. The minimum atomic E-state index is -4.54. The lowest BCUT2D eigenvalue weighted by Gasteiger charge is -2.12. The lowest BCUT2D eigenvalue weighted by Crippen LogP contribution is -2.13. The first kappa shape index (κ1) is 13.8. The normalized spacial score (nSPS) is 11.6. The zero-order valence-corrected chi connectivity index (χ0v) is 10.8. The molecule has 0 bridgehead atoms. The van der Waals surface area contributed by atoms with Gasteiger partial charge in [0.25, 0.3) is 0 Å². The maximum atomic E-state index is 12.8. The molecule has 0 N–H and O–H groups in total. The highest BCUT2D eigenvalue weighted by atomic mass is 35.5. The summed E-state index contributed by atoms with van der Waals surface area (Å²) in [5.74, 6) is 0. The topological polar surface area (TPSA) is 25.8 Å². The van der Waals surface area contributed by atoms with Crippen molar-refractivity contribution in [1.82, 2.24) is 9.97 Å².